The maximum Gasteiger partial charge on any atom is 0.387 e. The molecule has 1 amide bonds. The van der Waals surface area contributed by atoms with Crippen LogP contribution >= 0.6 is 0 Å². The Morgan fingerprint density at radius 1 is 1.11 bits per heavy atom. The van der Waals surface area contributed by atoms with E-state index in [1.54, 1.807) is 12.1 Å². The molecular weight excluding hydrogens is 350 g/mol. The maximum absolute atomic E-state index is 12.3. The molecule has 0 spiro atoms. The minimum Gasteiger partial charge on any atom is -0.435 e. The first-order valence-electron chi connectivity index (χ1n) is 10.1. The first-order chi connectivity index (χ1) is 13.0. The van der Waals surface area contributed by atoms with Crippen molar-refractivity contribution in [3.8, 4) is 5.75 Å². The Bertz CT molecular complexity index is 627. The van der Waals surface area contributed by atoms with Crippen molar-refractivity contribution in [3.05, 3.63) is 29.8 Å². The van der Waals surface area contributed by atoms with E-state index in [1.807, 2.05) is 0 Å². The number of rotatable bonds is 8. The van der Waals surface area contributed by atoms with E-state index in [9.17, 15) is 13.6 Å². The minimum atomic E-state index is -2.81. The van der Waals surface area contributed by atoms with Gasteiger partial charge in [-0.05, 0) is 61.1 Å². The Balaban J connectivity index is 1.18. The molecule has 0 unspecified atom stereocenters. The van der Waals surface area contributed by atoms with Crippen molar-refractivity contribution in [1.82, 2.24) is 5.32 Å². The highest BCUT2D eigenvalue weighted by molar-refractivity contribution is 5.76. The lowest BCUT2D eigenvalue weighted by molar-refractivity contribution is -0.730. The average molecular weight is 379 g/mol. The number of benzene rings is 1. The number of nitrogens with one attached hydrogen (secondary N) is 1. The zero-order valence-electron chi connectivity index (χ0n) is 15.6. The van der Waals surface area contributed by atoms with E-state index >= 15 is 0 Å². The van der Waals surface area contributed by atoms with Crippen molar-refractivity contribution in [2.75, 3.05) is 13.1 Å². The van der Waals surface area contributed by atoms with E-state index in [0.29, 0.717) is 25.0 Å². The topological polar surface area (TPSA) is 54.9 Å². The third-order valence-electron chi connectivity index (χ3n) is 6.69. The standard InChI is InChI=1S/C21H28F2N2O2/c22-20(23)27-18-3-1-14(2-4-18)5-6-24-19(26)13-25-21-10-15-7-16(11-21)9-17(8-15)12-21/h1-4,15-17,20,25H,5-13H2,(H,24,26)/p+1. The summed E-state index contributed by atoms with van der Waals surface area (Å²) >= 11 is 0. The van der Waals surface area contributed by atoms with Crippen molar-refractivity contribution in [2.24, 2.45) is 17.8 Å². The van der Waals surface area contributed by atoms with Gasteiger partial charge < -0.3 is 15.4 Å². The van der Waals surface area contributed by atoms with Gasteiger partial charge in [0.1, 0.15) is 5.75 Å². The molecular formula is C21H29F2N2O2+. The summed E-state index contributed by atoms with van der Waals surface area (Å²) in [5, 5.41) is 5.31. The van der Waals surface area contributed by atoms with Crippen LogP contribution in [0, 0.1) is 17.8 Å². The van der Waals surface area contributed by atoms with Gasteiger partial charge in [0.25, 0.3) is 5.91 Å². The number of nitrogens with two attached hydrogens (primary N) is 1. The molecule has 4 fully saturated rings. The van der Waals surface area contributed by atoms with Crippen LogP contribution in [0.2, 0.25) is 0 Å². The monoisotopic (exact) mass is 379 g/mol. The second-order valence-corrected chi connectivity index (χ2v) is 8.81. The molecule has 3 N–H and O–H groups in total. The van der Waals surface area contributed by atoms with Gasteiger partial charge in [0, 0.05) is 25.8 Å². The highest BCUT2D eigenvalue weighted by Crippen LogP contribution is 2.54. The number of carbonyl (C=O) groups excluding carboxylic acids is 1. The lowest BCUT2D eigenvalue weighted by atomic mass is 9.53. The second-order valence-electron chi connectivity index (χ2n) is 8.81. The summed E-state index contributed by atoms with van der Waals surface area (Å²) in [5.74, 6) is 2.93. The molecule has 4 nitrogen and oxygen atoms in total. The van der Waals surface area contributed by atoms with Crippen LogP contribution in [0.5, 0.6) is 5.75 Å². The van der Waals surface area contributed by atoms with Gasteiger partial charge in [-0.3, -0.25) is 4.79 Å². The molecule has 0 heterocycles. The summed E-state index contributed by atoms with van der Waals surface area (Å²) in [6, 6.07) is 6.57. The molecule has 148 valence electrons. The van der Waals surface area contributed by atoms with E-state index in [1.165, 1.54) is 50.7 Å². The molecule has 1 aromatic carbocycles. The highest BCUT2D eigenvalue weighted by atomic mass is 19.3. The molecule has 27 heavy (non-hydrogen) atoms. The zero-order valence-corrected chi connectivity index (χ0v) is 15.6. The van der Waals surface area contributed by atoms with Crippen molar-refractivity contribution >= 4 is 5.91 Å². The highest BCUT2D eigenvalue weighted by Gasteiger charge is 2.53. The normalized spacial score (nSPS) is 31.3. The van der Waals surface area contributed by atoms with Crippen molar-refractivity contribution < 1.29 is 23.6 Å². The molecule has 6 heteroatoms. The fourth-order valence-corrected chi connectivity index (χ4v) is 5.99. The summed E-state index contributed by atoms with van der Waals surface area (Å²) in [6.45, 7) is -1.74. The van der Waals surface area contributed by atoms with Crippen LogP contribution in [0.1, 0.15) is 44.1 Å². The lowest BCUT2D eigenvalue weighted by Crippen LogP contribution is -3.00. The Morgan fingerprint density at radius 3 is 2.26 bits per heavy atom. The number of amides is 1. The van der Waals surface area contributed by atoms with Crippen LogP contribution in [0.15, 0.2) is 24.3 Å². The number of carbonyl (C=O) groups is 1. The molecule has 4 saturated carbocycles. The van der Waals surface area contributed by atoms with Crippen LogP contribution in [-0.2, 0) is 11.2 Å². The van der Waals surface area contributed by atoms with Gasteiger partial charge in [-0.2, -0.15) is 8.78 Å². The van der Waals surface area contributed by atoms with Crippen molar-refractivity contribution in [2.45, 2.75) is 57.1 Å². The molecule has 4 aliphatic rings. The third kappa shape index (κ3) is 4.60. The number of alkyl halides is 2. The Hall–Kier alpha value is -1.69. The zero-order chi connectivity index (χ0) is 18.9. The van der Waals surface area contributed by atoms with E-state index in [4.69, 9.17) is 0 Å². The molecule has 0 saturated heterocycles. The summed E-state index contributed by atoms with van der Waals surface area (Å²) in [4.78, 5) is 12.3. The third-order valence-corrected chi connectivity index (χ3v) is 6.69. The predicted octanol–water partition coefficient (Wildman–Crippen LogP) is 2.48. The van der Waals surface area contributed by atoms with E-state index in [0.717, 1.165) is 23.3 Å². The average Bonchev–Trinajstić information content (AvgIpc) is 2.60. The maximum atomic E-state index is 12.3. The summed E-state index contributed by atoms with van der Waals surface area (Å²) in [5.41, 5.74) is 1.31. The van der Waals surface area contributed by atoms with Gasteiger partial charge >= 0.3 is 6.61 Å². The summed E-state index contributed by atoms with van der Waals surface area (Å²) in [7, 11) is 0. The number of quaternary nitrogens is 1. The number of halogens is 2. The molecule has 5 rings (SSSR count). The smallest absolute Gasteiger partial charge is 0.387 e. The SMILES string of the molecule is O=C(C[NH2+]C12CC3CC(CC(C3)C1)C2)NCCc1ccc(OC(F)F)cc1. The van der Waals surface area contributed by atoms with Gasteiger partial charge in [-0.15, -0.1) is 0 Å². The van der Waals surface area contributed by atoms with Crippen molar-refractivity contribution in [1.29, 1.82) is 0 Å². The van der Waals surface area contributed by atoms with Crippen LogP contribution in [0.25, 0.3) is 0 Å². The summed E-state index contributed by atoms with van der Waals surface area (Å²) < 4.78 is 28.6. The number of ether oxygens (including phenoxy) is 1. The van der Waals surface area contributed by atoms with Gasteiger partial charge in [0.2, 0.25) is 0 Å². The summed E-state index contributed by atoms with van der Waals surface area (Å²) in [6.07, 6.45) is 8.80. The molecule has 1 aromatic rings. The van der Waals surface area contributed by atoms with Crippen LogP contribution < -0.4 is 15.4 Å². The molecule has 0 aliphatic heterocycles. The number of hydrogen-bond donors (Lipinski definition) is 2. The fourth-order valence-electron chi connectivity index (χ4n) is 5.99. The first kappa shape index (κ1) is 18.7. The molecule has 0 radical (unpaired) electrons. The van der Waals surface area contributed by atoms with Gasteiger partial charge in [-0.25, -0.2) is 0 Å². The molecule has 0 atom stereocenters. The van der Waals surface area contributed by atoms with E-state index in [2.05, 4.69) is 15.4 Å². The minimum absolute atomic E-state index is 0.0865. The fraction of sp³-hybridized carbons (Fsp3) is 0.667. The van der Waals surface area contributed by atoms with Crippen LogP contribution in [0.4, 0.5) is 8.78 Å². The molecule has 4 aliphatic carbocycles. The van der Waals surface area contributed by atoms with Crippen LogP contribution in [0.3, 0.4) is 0 Å². The Kier molecular flexibility index (Phi) is 5.35. The van der Waals surface area contributed by atoms with Crippen molar-refractivity contribution in [3.63, 3.8) is 0 Å². The molecule has 4 bridgehead atoms. The quantitative estimate of drug-likeness (QED) is 0.729. The largest absolute Gasteiger partial charge is 0.435 e. The van der Waals surface area contributed by atoms with Crippen LogP contribution in [-0.4, -0.2) is 31.1 Å². The van der Waals surface area contributed by atoms with E-state index < -0.39 is 6.61 Å². The predicted molar refractivity (Wildman–Crippen MR) is 97.5 cm³/mol. The molecule has 0 aromatic heterocycles. The van der Waals surface area contributed by atoms with Gasteiger partial charge in [0.05, 0.1) is 5.54 Å². The van der Waals surface area contributed by atoms with Gasteiger partial charge in [0.15, 0.2) is 6.54 Å². The lowest BCUT2D eigenvalue weighted by Gasteiger charge is -2.54. The number of hydrogen-bond acceptors (Lipinski definition) is 2. The Morgan fingerprint density at radius 2 is 1.70 bits per heavy atom. The van der Waals surface area contributed by atoms with Gasteiger partial charge in [-0.1, -0.05) is 12.1 Å². The Labute approximate surface area is 159 Å². The first-order valence-corrected chi connectivity index (χ1v) is 10.1. The van der Waals surface area contributed by atoms with E-state index in [-0.39, 0.29) is 11.7 Å². The second kappa shape index (κ2) is 7.74.